The lowest BCUT2D eigenvalue weighted by Gasteiger charge is -1.92. The van der Waals surface area contributed by atoms with Crippen LogP contribution in [0.2, 0.25) is 0 Å². The number of aromatic carboxylic acids is 1. The van der Waals surface area contributed by atoms with E-state index in [9.17, 15) is 9.59 Å². The average molecular weight is 222 g/mol. The number of nitrogens with zero attached hydrogens (tertiary/aromatic N) is 1. The molecule has 2 aromatic rings. The molecule has 0 fully saturated rings. The Balaban J connectivity index is 2.51. The molecule has 15 heavy (non-hydrogen) atoms. The Morgan fingerprint density at radius 1 is 1.53 bits per heavy atom. The summed E-state index contributed by atoms with van der Waals surface area (Å²) < 4.78 is 0. The van der Waals surface area contributed by atoms with E-state index >= 15 is 0 Å². The number of aromatic amines is 1. The molecule has 2 rings (SSSR count). The van der Waals surface area contributed by atoms with Crippen LogP contribution >= 0.6 is 11.3 Å². The van der Waals surface area contributed by atoms with Crippen LogP contribution in [-0.4, -0.2) is 21.0 Å². The summed E-state index contributed by atoms with van der Waals surface area (Å²) in [5.74, 6) is -1.09. The summed E-state index contributed by atoms with van der Waals surface area (Å²) in [4.78, 5) is 28.3. The van der Waals surface area contributed by atoms with E-state index in [1.807, 2.05) is 0 Å². The number of nitrogens with one attached hydrogen (secondary N) is 1. The van der Waals surface area contributed by atoms with Crippen LogP contribution in [0.25, 0.3) is 10.6 Å². The number of H-pyrrole nitrogens is 1. The number of carbonyl (C=O) groups is 1. The van der Waals surface area contributed by atoms with Gasteiger partial charge in [-0.15, -0.1) is 11.3 Å². The zero-order valence-electron chi connectivity index (χ0n) is 7.43. The second-order valence-electron chi connectivity index (χ2n) is 2.76. The van der Waals surface area contributed by atoms with E-state index in [2.05, 4.69) is 9.97 Å². The van der Waals surface area contributed by atoms with E-state index < -0.39 is 5.97 Å². The molecule has 0 unspecified atom stereocenters. The second kappa shape index (κ2) is 3.66. The maximum absolute atomic E-state index is 11.4. The molecule has 2 heterocycles. The van der Waals surface area contributed by atoms with Crippen molar-refractivity contribution in [1.29, 1.82) is 0 Å². The smallest absolute Gasteiger partial charge is 0.355 e. The van der Waals surface area contributed by atoms with Gasteiger partial charge in [-0.3, -0.25) is 4.79 Å². The van der Waals surface area contributed by atoms with Crippen molar-refractivity contribution in [2.75, 3.05) is 0 Å². The Hall–Kier alpha value is -1.95. The van der Waals surface area contributed by atoms with Gasteiger partial charge in [-0.25, -0.2) is 9.78 Å². The number of aromatic nitrogens is 2. The third-order valence-electron chi connectivity index (χ3n) is 1.77. The van der Waals surface area contributed by atoms with Gasteiger partial charge in [0.15, 0.2) is 5.69 Å². The van der Waals surface area contributed by atoms with Crippen LogP contribution < -0.4 is 5.56 Å². The molecule has 76 valence electrons. The van der Waals surface area contributed by atoms with Crippen LogP contribution in [0.15, 0.2) is 28.5 Å². The molecular weight excluding hydrogens is 216 g/mol. The summed E-state index contributed by atoms with van der Waals surface area (Å²) in [6, 6.07) is 3.27. The van der Waals surface area contributed by atoms with E-state index in [1.54, 1.807) is 12.1 Å². The highest BCUT2D eigenvalue weighted by atomic mass is 32.1. The van der Waals surface area contributed by atoms with E-state index in [1.165, 1.54) is 11.6 Å². The molecule has 0 bridgehead atoms. The Bertz CT molecular complexity index is 558. The van der Waals surface area contributed by atoms with Gasteiger partial charge in [-0.2, -0.15) is 0 Å². The molecule has 0 saturated carbocycles. The van der Waals surface area contributed by atoms with E-state index in [0.29, 0.717) is 10.6 Å². The Labute approximate surface area is 88.1 Å². The summed E-state index contributed by atoms with van der Waals surface area (Å²) >= 11 is 1.13. The van der Waals surface area contributed by atoms with Gasteiger partial charge >= 0.3 is 5.97 Å². The van der Waals surface area contributed by atoms with Crippen LogP contribution in [0, 0.1) is 0 Å². The van der Waals surface area contributed by atoms with Crippen LogP contribution in [0.3, 0.4) is 0 Å². The van der Waals surface area contributed by atoms with Gasteiger partial charge in [-0.05, 0) is 12.1 Å². The molecule has 0 spiro atoms. The fourth-order valence-corrected chi connectivity index (χ4v) is 1.90. The molecule has 0 aliphatic heterocycles. The van der Waals surface area contributed by atoms with Crippen molar-refractivity contribution < 1.29 is 9.90 Å². The van der Waals surface area contributed by atoms with Crippen molar-refractivity contribution in [3.05, 3.63) is 39.8 Å². The van der Waals surface area contributed by atoms with Gasteiger partial charge in [0.25, 0.3) is 5.56 Å². The number of hydrogen-bond donors (Lipinski definition) is 2. The largest absolute Gasteiger partial charge is 0.476 e. The maximum atomic E-state index is 11.4. The van der Waals surface area contributed by atoms with Gasteiger partial charge in [0.05, 0.1) is 5.56 Å². The topological polar surface area (TPSA) is 83.0 Å². The lowest BCUT2D eigenvalue weighted by atomic mass is 10.3. The maximum Gasteiger partial charge on any atom is 0.355 e. The Morgan fingerprint density at radius 2 is 2.33 bits per heavy atom. The summed E-state index contributed by atoms with van der Waals surface area (Å²) in [6.07, 6.45) is 1.51. The Morgan fingerprint density at radius 3 is 2.93 bits per heavy atom. The standard InChI is InChI=1S/C9H6N2O3S/c12-7-5(2-1-3-10-7)8-11-6(4-15-8)9(13)14/h1-4H,(H,10,12)(H,13,14). The minimum Gasteiger partial charge on any atom is -0.476 e. The predicted molar refractivity (Wildman–Crippen MR) is 55.1 cm³/mol. The summed E-state index contributed by atoms with van der Waals surface area (Å²) in [7, 11) is 0. The minimum atomic E-state index is -1.09. The van der Waals surface area contributed by atoms with Crippen LogP contribution in [-0.2, 0) is 0 Å². The van der Waals surface area contributed by atoms with Gasteiger partial charge in [0.1, 0.15) is 5.01 Å². The van der Waals surface area contributed by atoms with Gasteiger partial charge in [0.2, 0.25) is 0 Å². The molecule has 5 nitrogen and oxygen atoms in total. The minimum absolute atomic E-state index is 0.0433. The Kier molecular flexibility index (Phi) is 2.34. The first-order valence-electron chi connectivity index (χ1n) is 4.05. The molecule has 0 aliphatic rings. The van der Waals surface area contributed by atoms with Gasteiger partial charge in [-0.1, -0.05) is 0 Å². The quantitative estimate of drug-likeness (QED) is 0.799. The van der Waals surface area contributed by atoms with E-state index in [0.717, 1.165) is 11.3 Å². The highest BCUT2D eigenvalue weighted by Crippen LogP contribution is 2.19. The first-order valence-corrected chi connectivity index (χ1v) is 4.93. The normalized spacial score (nSPS) is 10.1. The number of hydrogen-bond acceptors (Lipinski definition) is 4. The summed E-state index contributed by atoms with van der Waals surface area (Å²) in [5.41, 5.74) is 0.0667. The molecule has 0 aromatic carbocycles. The average Bonchev–Trinajstić information content (AvgIpc) is 2.67. The first kappa shape index (κ1) is 9.60. The predicted octanol–water partition coefficient (Wildman–Crippen LogP) is 1.20. The lowest BCUT2D eigenvalue weighted by molar-refractivity contribution is 0.0691. The SMILES string of the molecule is O=C(O)c1csc(-c2ccc[nH]c2=O)n1. The zero-order chi connectivity index (χ0) is 10.8. The lowest BCUT2D eigenvalue weighted by Crippen LogP contribution is -2.07. The number of carboxylic acids is 1. The highest BCUT2D eigenvalue weighted by molar-refractivity contribution is 7.13. The zero-order valence-corrected chi connectivity index (χ0v) is 8.25. The monoisotopic (exact) mass is 222 g/mol. The number of carboxylic acid groups (broad SMARTS) is 1. The van der Waals surface area contributed by atoms with Gasteiger partial charge < -0.3 is 10.1 Å². The molecule has 0 aliphatic carbocycles. The summed E-state index contributed by atoms with van der Waals surface area (Å²) in [6.45, 7) is 0. The third kappa shape index (κ3) is 1.79. The van der Waals surface area contributed by atoms with Crippen molar-refractivity contribution >= 4 is 17.3 Å². The van der Waals surface area contributed by atoms with Gasteiger partial charge in [0, 0.05) is 11.6 Å². The second-order valence-corrected chi connectivity index (χ2v) is 3.61. The van der Waals surface area contributed by atoms with Crippen molar-refractivity contribution in [2.24, 2.45) is 0 Å². The molecule has 0 radical (unpaired) electrons. The molecular formula is C9H6N2O3S. The fraction of sp³-hybridized carbons (Fsp3) is 0. The molecule has 2 N–H and O–H groups in total. The number of thiazole rings is 1. The third-order valence-corrected chi connectivity index (χ3v) is 2.65. The first-order chi connectivity index (χ1) is 7.18. The van der Waals surface area contributed by atoms with Crippen LogP contribution in [0.1, 0.15) is 10.5 Å². The van der Waals surface area contributed by atoms with Crippen molar-refractivity contribution in [3.8, 4) is 10.6 Å². The van der Waals surface area contributed by atoms with Crippen molar-refractivity contribution in [3.63, 3.8) is 0 Å². The van der Waals surface area contributed by atoms with E-state index in [4.69, 9.17) is 5.11 Å². The molecule has 0 atom stereocenters. The highest BCUT2D eigenvalue weighted by Gasteiger charge is 2.11. The number of pyridine rings is 1. The molecule has 0 saturated heterocycles. The summed E-state index contributed by atoms with van der Waals surface area (Å²) in [5, 5.41) is 10.5. The fourth-order valence-electron chi connectivity index (χ4n) is 1.09. The van der Waals surface area contributed by atoms with Crippen molar-refractivity contribution in [2.45, 2.75) is 0 Å². The number of rotatable bonds is 2. The van der Waals surface area contributed by atoms with Crippen molar-refractivity contribution in [1.82, 2.24) is 9.97 Å². The molecule has 6 heteroatoms. The van der Waals surface area contributed by atoms with E-state index in [-0.39, 0.29) is 11.3 Å². The van der Waals surface area contributed by atoms with Crippen LogP contribution in [0.4, 0.5) is 0 Å². The van der Waals surface area contributed by atoms with Crippen LogP contribution in [0.5, 0.6) is 0 Å². The molecule has 0 amide bonds. The molecule has 2 aromatic heterocycles.